The van der Waals surface area contributed by atoms with Gasteiger partial charge in [-0.25, -0.2) is 9.56 Å². The highest BCUT2D eigenvalue weighted by atomic mass is 32.1. The summed E-state index contributed by atoms with van der Waals surface area (Å²) in [5.74, 6) is 0. The summed E-state index contributed by atoms with van der Waals surface area (Å²) in [7, 11) is 4.03. The first kappa shape index (κ1) is 12.1. The molecule has 0 radical (unpaired) electrons. The van der Waals surface area contributed by atoms with E-state index in [0.717, 1.165) is 27.1 Å². The lowest BCUT2D eigenvalue weighted by Gasteiger charge is -2.08. The van der Waals surface area contributed by atoms with E-state index in [1.54, 1.807) is 11.3 Å². The quantitative estimate of drug-likeness (QED) is 0.387. The molecule has 0 unspecified atom stereocenters. The van der Waals surface area contributed by atoms with Crippen molar-refractivity contribution in [2.24, 2.45) is 0 Å². The molecule has 0 saturated heterocycles. The zero-order valence-electron chi connectivity index (χ0n) is 11.3. The Labute approximate surface area is 116 Å². The molecule has 0 amide bonds. The topological polar surface area (TPSA) is 41.9 Å². The Bertz CT molecular complexity index is 813. The minimum Gasteiger partial charge on any atom is -0.397 e. The van der Waals surface area contributed by atoms with Gasteiger partial charge < -0.3 is 5.73 Å². The molecular weight excluding hydrogens is 254 g/mol. The number of benzene rings is 2. The number of nitrogens with zero attached hydrogens (tertiary/aromatic N) is 2. The van der Waals surface area contributed by atoms with E-state index in [-0.39, 0.29) is 0 Å². The average molecular weight is 270 g/mol. The Morgan fingerprint density at radius 3 is 2.68 bits per heavy atom. The van der Waals surface area contributed by atoms with Crippen LogP contribution in [-0.2, 0) is 0 Å². The minimum atomic E-state index is 0.737. The van der Waals surface area contributed by atoms with E-state index in [4.69, 9.17) is 10.7 Å². The second-order valence-electron chi connectivity index (χ2n) is 4.96. The third kappa shape index (κ3) is 2.08. The molecule has 96 valence electrons. The molecule has 3 rings (SSSR count). The Balaban J connectivity index is 2.45. The van der Waals surface area contributed by atoms with Crippen LogP contribution in [0.15, 0.2) is 30.3 Å². The standard InChI is InChI=1S/C15H15N3S/c1-9-4-5-13-12(6-9)17-15-11(16)7-10(18(2)3)8-14(15)19-13/h4-8,16H,1-3H3/p+1. The molecule has 1 aliphatic heterocycles. The van der Waals surface area contributed by atoms with Crippen LogP contribution >= 0.6 is 11.3 Å². The summed E-state index contributed by atoms with van der Waals surface area (Å²) >= 11 is 1.74. The molecule has 2 aliphatic rings. The maximum atomic E-state index is 6.14. The Hall–Kier alpha value is -1.94. The van der Waals surface area contributed by atoms with E-state index in [9.17, 15) is 0 Å². The molecule has 2 N–H and O–H groups in total. The van der Waals surface area contributed by atoms with Gasteiger partial charge in [0.05, 0.1) is 20.8 Å². The lowest BCUT2D eigenvalue weighted by Crippen LogP contribution is -2.22. The van der Waals surface area contributed by atoms with Gasteiger partial charge >= 0.3 is 0 Å². The fourth-order valence-corrected chi connectivity index (χ4v) is 3.13. The number of fused-ring (bicyclic) bond motifs is 2. The first-order chi connectivity index (χ1) is 9.04. The Morgan fingerprint density at radius 1 is 1.16 bits per heavy atom. The summed E-state index contributed by atoms with van der Waals surface area (Å²) in [6.07, 6.45) is 0. The van der Waals surface area contributed by atoms with Crippen molar-refractivity contribution < 1.29 is 0 Å². The van der Waals surface area contributed by atoms with Crippen molar-refractivity contribution in [2.75, 3.05) is 19.8 Å². The maximum absolute atomic E-state index is 6.14. The molecule has 3 nitrogen and oxygen atoms in total. The number of hydrogen-bond acceptors (Lipinski definition) is 3. The third-order valence-electron chi connectivity index (χ3n) is 3.17. The van der Waals surface area contributed by atoms with E-state index >= 15 is 0 Å². The monoisotopic (exact) mass is 270 g/mol. The van der Waals surface area contributed by atoms with E-state index < -0.39 is 0 Å². The molecular formula is C15H16N3S+. The van der Waals surface area contributed by atoms with E-state index in [2.05, 4.69) is 35.8 Å². The predicted octanol–water partition coefficient (Wildman–Crippen LogP) is 2.32. The van der Waals surface area contributed by atoms with Crippen molar-refractivity contribution >= 4 is 27.2 Å². The first-order valence-corrected chi connectivity index (χ1v) is 6.97. The van der Waals surface area contributed by atoms with Crippen molar-refractivity contribution in [3.63, 3.8) is 0 Å². The van der Waals surface area contributed by atoms with E-state index in [1.807, 2.05) is 20.2 Å². The van der Waals surface area contributed by atoms with Gasteiger partial charge in [-0.15, -0.1) is 11.3 Å². The van der Waals surface area contributed by atoms with Crippen molar-refractivity contribution in [3.05, 3.63) is 41.3 Å². The van der Waals surface area contributed by atoms with Crippen molar-refractivity contribution in [1.29, 1.82) is 0 Å². The predicted molar refractivity (Wildman–Crippen MR) is 82.5 cm³/mol. The SMILES string of the molecule is Cc1ccc2sc3cc(=[N+](C)C)cc(N)c-3nc2c1. The molecule has 1 heterocycles. The second kappa shape index (κ2) is 4.31. The highest BCUT2D eigenvalue weighted by Crippen LogP contribution is 2.32. The largest absolute Gasteiger partial charge is 0.397 e. The molecule has 1 aromatic carbocycles. The summed E-state index contributed by atoms with van der Waals surface area (Å²) in [5, 5.41) is 1.11. The number of nitrogens with two attached hydrogens (primary N) is 1. The van der Waals surface area contributed by atoms with Gasteiger partial charge in [0.2, 0.25) is 5.36 Å². The van der Waals surface area contributed by atoms with Crippen LogP contribution in [0.5, 0.6) is 0 Å². The van der Waals surface area contributed by atoms with Gasteiger partial charge in [0.15, 0.2) is 0 Å². The van der Waals surface area contributed by atoms with Crippen LogP contribution < -0.4 is 15.7 Å². The lowest BCUT2D eigenvalue weighted by atomic mass is 10.2. The summed E-state index contributed by atoms with van der Waals surface area (Å²) in [5.41, 5.74) is 10.0. The van der Waals surface area contributed by atoms with Gasteiger partial charge in [-0.3, -0.25) is 0 Å². The smallest absolute Gasteiger partial charge is 0.203 e. The van der Waals surface area contributed by atoms with Crippen LogP contribution in [0.1, 0.15) is 5.56 Å². The number of hydrogen-bond donors (Lipinski definition) is 1. The Morgan fingerprint density at radius 2 is 1.95 bits per heavy atom. The number of aryl methyl sites for hydroxylation is 1. The molecule has 0 bridgehead atoms. The van der Waals surface area contributed by atoms with Gasteiger partial charge in [-0.2, -0.15) is 0 Å². The molecule has 19 heavy (non-hydrogen) atoms. The van der Waals surface area contributed by atoms with Crippen LogP contribution in [-0.4, -0.2) is 19.1 Å². The number of nitrogen functional groups attached to an aromatic ring is 1. The van der Waals surface area contributed by atoms with Crippen LogP contribution in [0.3, 0.4) is 0 Å². The average Bonchev–Trinajstić information content (AvgIpc) is 2.36. The minimum absolute atomic E-state index is 0.737. The van der Waals surface area contributed by atoms with Crippen LogP contribution in [0.4, 0.5) is 5.69 Å². The molecule has 4 heteroatoms. The number of rotatable bonds is 0. The summed E-state index contributed by atoms with van der Waals surface area (Å²) in [4.78, 5) is 5.83. The third-order valence-corrected chi connectivity index (χ3v) is 4.27. The normalized spacial score (nSPS) is 11.1. The van der Waals surface area contributed by atoms with Gasteiger partial charge in [0.25, 0.3) is 0 Å². The van der Waals surface area contributed by atoms with Crippen LogP contribution in [0.25, 0.3) is 20.8 Å². The maximum Gasteiger partial charge on any atom is 0.203 e. The van der Waals surface area contributed by atoms with Crippen LogP contribution in [0.2, 0.25) is 0 Å². The van der Waals surface area contributed by atoms with Gasteiger partial charge in [-0.1, -0.05) is 6.07 Å². The molecule has 0 spiro atoms. The highest BCUT2D eigenvalue weighted by Gasteiger charge is 2.12. The molecule has 0 atom stereocenters. The highest BCUT2D eigenvalue weighted by molar-refractivity contribution is 7.21. The van der Waals surface area contributed by atoms with Gasteiger partial charge in [-0.05, 0) is 24.6 Å². The lowest BCUT2D eigenvalue weighted by molar-refractivity contribution is 0.814. The second-order valence-corrected chi connectivity index (χ2v) is 6.04. The molecule has 0 saturated carbocycles. The zero-order valence-corrected chi connectivity index (χ0v) is 12.1. The zero-order chi connectivity index (χ0) is 13.6. The number of anilines is 1. The first-order valence-electron chi connectivity index (χ1n) is 6.15. The molecule has 1 aromatic rings. The molecule has 1 aliphatic carbocycles. The van der Waals surface area contributed by atoms with Crippen LogP contribution in [0, 0.1) is 6.92 Å². The summed E-state index contributed by atoms with van der Waals surface area (Å²) < 4.78 is 3.25. The summed E-state index contributed by atoms with van der Waals surface area (Å²) in [6, 6.07) is 10.5. The molecule has 0 fully saturated rings. The Kier molecular flexibility index (Phi) is 2.75. The fourth-order valence-electron chi connectivity index (χ4n) is 2.11. The number of aromatic nitrogens is 1. The fraction of sp³-hybridized carbons (Fsp3) is 0.200. The van der Waals surface area contributed by atoms with Crippen molar-refractivity contribution in [2.45, 2.75) is 6.92 Å². The van der Waals surface area contributed by atoms with E-state index in [0.29, 0.717) is 0 Å². The summed E-state index contributed by atoms with van der Waals surface area (Å²) in [6.45, 7) is 2.08. The molecule has 0 aromatic heterocycles. The van der Waals surface area contributed by atoms with E-state index in [1.165, 1.54) is 10.3 Å². The van der Waals surface area contributed by atoms with Gasteiger partial charge in [0.1, 0.15) is 19.8 Å². The van der Waals surface area contributed by atoms with Gasteiger partial charge in [0, 0.05) is 12.1 Å². The van der Waals surface area contributed by atoms with Crippen molar-refractivity contribution in [1.82, 2.24) is 9.56 Å². The van der Waals surface area contributed by atoms with Crippen molar-refractivity contribution in [3.8, 4) is 10.6 Å².